The molecule has 1 fully saturated rings. The molecule has 0 unspecified atom stereocenters. The maximum Gasteiger partial charge on any atom is 0.241 e. The van der Waals surface area contributed by atoms with Crippen LogP contribution in [0.2, 0.25) is 0 Å². The van der Waals surface area contributed by atoms with Gasteiger partial charge in [-0.3, -0.25) is 4.79 Å². The summed E-state index contributed by atoms with van der Waals surface area (Å²) >= 11 is 0. The number of carbonyl (C=O) groups excluding carboxylic acids is 1. The molecule has 3 rings (SSSR count). The van der Waals surface area contributed by atoms with Crippen molar-refractivity contribution >= 4 is 15.9 Å². The third kappa shape index (κ3) is 4.31. The fourth-order valence-electron chi connectivity index (χ4n) is 3.03. The van der Waals surface area contributed by atoms with Crippen molar-refractivity contribution in [2.24, 2.45) is 0 Å². The summed E-state index contributed by atoms with van der Waals surface area (Å²) in [5, 5.41) is 13.7. The summed E-state index contributed by atoms with van der Waals surface area (Å²) in [7, 11) is -2.21. The van der Waals surface area contributed by atoms with Crippen molar-refractivity contribution < 1.29 is 17.6 Å². The van der Waals surface area contributed by atoms with Gasteiger partial charge in [-0.25, -0.2) is 22.2 Å². The van der Waals surface area contributed by atoms with Gasteiger partial charge >= 0.3 is 0 Å². The third-order valence-corrected chi connectivity index (χ3v) is 6.03. The van der Waals surface area contributed by atoms with Gasteiger partial charge < -0.3 is 10.6 Å². The predicted octanol–water partition coefficient (Wildman–Crippen LogP) is -0.147. The number of hydrogen-bond donors (Lipinski definition) is 3. The first-order chi connectivity index (χ1) is 12.8. The lowest BCUT2D eigenvalue weighted by atomic mass is 10.1. The highest BCUT2D eigenvalue weighted by molar-refractivity contribution is 7.89. The number of aromatic nitrogens is 3. The van der Waals surface area contributed by atoms with Crippen LogP contribution in [0.5, 0.6) is 0 Å². The van der Waals surface area contributed by atoms with Crippen LogP contribution in [0.3, 0.4) is 0 Å². The average molecular weight is 396 g/mol. The maximum atomic E-state index is 13.2. The Labute approximate surface area is 156 Å². The Hall–Kier alpha value is -2.37. The van der Waals surface area contributed by atoms with Crippen molar-refractivity contribution in [2.75, 3.05) is 13.6 Å². The number of aryl methyl sites for hydroxylation is 1. The van der Waals surface area contributed by atoms with Gasteiger partial charge in [0, 0.05) is 13.6 Å². The molecular formula is C16H21FN6O3S. The van der Waals surface area contributed by atoms with Crippen molar-refractivity contribution in [3.63, 3.8) is 0 Å². The number of carbonyl (C=O) groups is 1. The molecule has 1 amide bonds. The highest BCUT2D eigenvalue weighted by Gasteiger charge is 2.30. The number of likely N-dealkylation sites (N-methyl/N-ethyl adjacent to an activating group) is 1. The lowest BCUT2D eigenvalue weighted by molar-refractivity contribution is -0.122. The highest BCUT2D eigenvalue weighted by Crippen LogP contribution is 2.19. The summed E-state index contributed by atoms with van der Waals surface area (Å²) in [5.74, 6) is -0.574. The van der Waals surface area contributed by atoms with E-state index in [0.29, 0.717) is 24.2 Å². The summed E-state index contributed by atoms with van der Waals surface area (Å²) in [4.78, 5) is 11.7. The number of hydrogen-bond acceptors (Lipinski definition) is 6. The molecule has 2 atom stereocenters. The molecule has 146 valence electrons. The van der Waals surface area contributed by atoms with Crippen molar-refractivity contribution in [3.8, 4) is 0 Å². The summed E-state index contributed by atoms with van der Waals surface area (Å²) in [6.45, 7) is 2.06. The molecule has 11 heteroatoms. The van der Waals surface area contributed by atoms with Crippen LogP contribution in [-0.4, -0.2) is 49.0 Å². The second kappa shape index (κ2) is 7.71. The summed E-state index contributed by atoms with van der Waals surface area (Å²) in [6, 6.07) is 3.18. The van der Waals surface area contributed by atoms with Crippen LogP contribution in [0, 0.1) is 12.7 Å². The Bertz CT molecular complexity index is 945. The van der Waals surface area contributed by atoms with Crippen LogP contribution in [0.15, 0.2) is 29.3 Å². The minimum atomic E-state index is -3.80. The zero-order chi connectivity index (χ0) is 19.6. The first-order valence-electron chi connectivity index (χ1n) is 8.41. The smallest absolute Gasteiger partial charge is 0.241 e. The van der Waals surface area contributed by atoms with E-state index in [1.165, 1.54) is 19.1 Å². The number of rotatable bonds is 6. The molecule has 0 spiro atoms. The largest absolute Gasteiger partial charge is 0.358 e. The first kappa shape index (κ1) is 19.4. The standard InChI is InChI=1S/C16H21FN6O3S/c1-10-5-11(17)3-4-15(10)27(25,26)20-7-12-9-23(22-21-12)13-6-14(19-8-13)16(24)18-2/h3-5,9,13-14,19-20H,6-8H2,1-2H3,(H,18,24)/t13-,14+/m1/s1. The molecule has 1 aromatic heterocycles. The van der Waals surface area contributed by atoms with Crippen molar-refractivity contribution in [3.05, 3.63) is 41.5 Å². The molecule has 1 saturated heterocycles. The van der Waals surface area contributed by atoms with Gasteiger partial charge in [0.2, 0.25) is 15.9 Å². The first-order valence-corrected chi connectivity index (χ1v) is 9.90. The minimum absolute atomic E-state index is 0.0182. The van der Waals surface area contributed by atoms with Crippen LogP contribution in [-0.2, 0) is 21.4 Å². The molecule has 2 aromatic rings. The molecule has 27 heavy (non-hydrogen) atoms. The molecule has 0 bridgehead atoms. The lowest BCUT2D eigenvalue weighted by Crippen LogP contribution is -2.38. The fourth-order valence-corrected chi connectivity index (χ4v) is 4.25. The number of benzene rings is 1. The van der Waals surface area contributed by atoms with E-state index in [-0.39, 0.29) is 29.4 Å². The van der Waals surface area contributed by atoms with Crippen molar-refractivity contribution in [1.82, 2.24) is 30.3 Å². The van der Waals surface area contributed by atoms with Crippen LogP contribution in [0.1, 0.15) is 23.7 Å². The van der Waals surface area contributed by atoms with E-state index in [9.17, 15) is 17.6 Å². The van der Waals surface area contributed by atoms with Crippen molar-refractivity contribution in [1.29, 1.82) is 0 Å². The summed E-state index contributed by atoms with van der Waals surface area (Å²) in [5.41, 5.74) is 0.769. The second-order valence-corrected chi connectivity index (χ2v) is 8.12. The average Bonchev–Trinajstić information content (AvgIpc) is 3.28. The monoisotopic (exact) mass is 396 g/mol. The predicted molar refractivity (Wildman–Crippen MR) is 94.7 cm³/mol. The van der Waals surface area contributed by atoms with Crippen LogP contribution >= 0.6 is 0 Å². The van der Waals surface area contributed by atoms with E-state index in [0.717, 1.165) is 6.07 Å². The van der Waals surface area contributed by atoms with Gasteiger partial charge in [-0.15, -0.1) is 5.10 Å². The van der Waals surface area contributed by atoms with E-state index in [4.69, 9.17) is 0 Å². The number of nitrogens with one attached hydrogen (secondary N) is 3. The Morgan fingerprint density at radius 2 is 2.22 bits per heavy atom. The molecule has 0 saturated carbocycles. The summed E-state index contributed by atoms with van der Waals surface area (Å²) < 4.78 is 42.1. The van der Waals surface area contributed by atoms with E-state index in [1.807, 2.05) is 0 Å². The van der Waals surface area contributed by atoms with Crippen LogP contribution in [0.25, 0.3) is 0 Å². The zero-order valence-corrected chi connectivity index (χ0v) is 15.8. The van der Waals surface area contributed by atoms with Crippen LogP contribution in [0.4, 0.5) is 4.39 Å². The maximum absolute atomic E-state index is 13.2. The second-order valence-electron chi connectivity index (χ2n) is 6.39. The van der Waals surface area contributed by atoms with E-state index in [1.54, 1.807) is 17.9 Å². The number of sulfonamides is 1. The van der Waals surface area contributed by atoms with E-state index >= 15 is 0 Å². The molecule has 1 aliphatic heterocycles. The topological polar surface area (TPSA) is 118 Å². The van der Waals surface area contributed by atoms with Gasteiger partial charge in [-0.05, 0) is 37.1 Å². The Morgan fingerprint density at radius 1 is 1.44 bits per heavy atom. The molecule has 0 radical (unpaired) electrons. The number of halogens is 1. The van der Waals surface area contributed by atoms with Crippen LogP contribution < -0.4 is 15.4 Å². The molecular weight excluding hydrogens is 375 g/mol. The number of nitrogens with zero attached hydrogens (tertiary/aromatic N) is 3. The van der Waals surface area contributed by atoms with E-state index < -0.39 is 15.8 Å². The van der Waals surface area contributed by atoms with Crippen molar-refractivity contribution in [2.45, 2.75) is 36.9 Å². The Balaban J connectivity index is 1.64. The highest BCUT2D eigenvalue weighted by atomic mass is 32.2. The lowest BCUT2D eigenvalue weighted by Gasteiger charge is -2.09. The molecule has 1 aromatic carbocycles. The van der Waals surface area contributed by atoms with Gasteiger partial charge in [0.1, 0.15) is 5.82 Å². The molecule has 9 nitrogen and oxygen atoms in total. The number of amides is 1. The normalized spacial score (nSPS) is 20.0. The van der Waals surface area contributed by atoms with E-state index in [2.05, 4.69) is 25.7 Å². The molecule has 0 aliphatic carbocycles. The molecule has 1 aliphatic rings. The van der Waals surface area contributed by atoms with Gasteiger partial charge in [-0.2, -0.15) is 0 Å². The quantitative estimate of drug-likeness (QED) is 0.625. The van der Waals surface area contributed by atoms with Gasteiger partial charge in [0.15, 0.2) is 0 Å². The Morgan fingerprint density at radius 3 is 2.93 bits per heavy atom. The zero-order valence-electron chi connectivity index (χ0n) is 14.9. The SMILES string of the molecule is CNC(=O)[C@@H]1C[C@@H](n2cc(CNS(=O)(=O)c3ccc(F)cc3C)nn2)CN1. The molecule has 3 N–H and O–H groups in total. The van der Waals surface area contributed by atoms with Gasteiger partial charge in [0.25, 0.3) is 0 Å². The third-order valence-electron chi connectivity index (χ3n) is 4.47. The fraction of sp³-hybridized carbons (Fsp3) is 0.438. The van der Waals surface area contributed by atoms with Gasteiger partial charge in [0.05, 0.1) is 35.4 Å². The molecule has 2 heterocycles. The summed E-state index contributed by atoms with van der Waals surface area (Å²) in [6.07, 6.45) is 2.22. The van der Waals surface area contributed by atoms with Gasteiger partial charge in [-0.1, -0.05) is 5.21 Å². The minimum Gasteiger partial charge on any atom is -0.358 e. The Kier molecular flexibility index (Phi) is 5.53.